The first kappa shape index (κ1) is 23.9. The molecule has 0 aliphatic heterocycles. The number of rotatable bonds is 11. The maximum Gasteiger partial charge on any atom is 0.347 e. The maximum absolute atomic E-state index is 11.5. The predicted molar refractivity (Wildman–Crippen MR) is 132 cm³/mol. The molecule has 1 aromatic heterocycles. The van der Waals surface area contributed by atoms with Crippen molar-refractivity contribution in [3.05, 3.63) is 78.4 Å². The van der Waals surface area contributed by atoms with Crippen molar-refractivity contribution >= 4 is 23.1 Å². The average molecular weight is 477 g/mol. The highest BCUT2D eigenvalue weighted by Gasteiger charge is 2.29. The number of oxazole rings is 1. The number of fused-ring (bicyclic) bond motifs is 1. The summed E-state index contributed by atoms with van der Waals surface area (Å²) in [5.41, 5.74) is 1.04. The second-order valence-electron chi connectivity index (χ2n) is 8.47. The van der Waals surface area contributed by atoms with E-state index in [0.717, 1.165) is 22.6 Å². The number of benzene rings is 3. The summed E-state index contributed by atoms with van der Waals surface area (Å²) in [6.45, 7) is 4.40. The van der Waals surface area contributed by atoms with Gasteiger partial charge in [-0.15, -0.1) is 0 Å². The van der Waals surface area contributed by atoms with E-state index in [2.05, 4.69) is 4.98 Å². The molecule has 182 valence electrons. The lowest BCUT2D eigenvalue weighted by Gasteiger charge is -2.23. The van der Waals surface area contributed by atoms with E-state index >= 15 is 0 Å². The first-order valence-corrected chi connectivity index (χ1v) is 11.2. The highest BCUT2D eigenvalue weighted by molar-refractivity contribution is 5.77. The lowest BCUT2D eigenvalue weighted by atomic mass is 10.1. The molecule has 0 fully saturated rings. The molecule has 3 aromatic carbocycles. The van der Waals surface area contributed by atoms with Crippen molar-refractivity contribution < 1.29 is 28.5 Å². The summed E-state index contributed by atoms with van der Waals surface area (Å²) in [4.78, 5) is 18.1. The molecule has 0 saturated heterocycles. The molecule has 0 unspecified atom stereocenters. The Morgan fingerprint density at radius 1 is 1.00 bits per heavy atom. The van der Waals surface area contributed by atoms with Crippen LogP contribution < -0.4 is 19.1 Å². The first-order chi connectivity index (χ1) is 16.8. The second kappa shape index (κ2) is 10.4. The van der Waals surface area contributed by atoms with Crippen molar-refractivity contribution in [3.63, 3.8) is 0 Å². The molecule has 0 aliphatic rings. The molecule has 8 heteroatoms. The lowest BCUT2D eigenvalue weighted by Crippen LogP contribution is -2.37. The number of carboxylic acid groups (broad SMARTS) is 1. The Kier molecular flexibility index (Phi) is 7.10. The maximum atomic E-state index is 11.5. The smallest absolute Gasteiger partial charge is 0.347 e. The van der Waals surface area contributed by atoms with E-state index in [9.17, 15) is 9.90 Å². The van der Waals surface area contributed by atoms with Gasteiger partial charge in [-0.05, 0) is 67.9 Å². The molecule has 4 rings (SSSR count). The largest absolute Gasteiger partial charge is 0.497 e. The Morgan fingerprint density at radius 2 is 1.74 bits per heavy atom. The van der Waals surface area contributed by atoms with Crippen molar-refractivity contribution in [1.29, 1.82) is 0 Å². The van der Waals surface area contributed by atoms with Crippen LogP contribution in [0.5, 0.6) is 17.2 Å². The van der Waals surface area contributed by atoms with E-state index in [1.54, 1.807) is 13.2 Å². The van der Waals surface area contributed by atoms with E-state index in [0.29, 0.717) is 37.0 Å². The molecule has 0 spiro atoms. The molecule has 0 radical (unpaired) electrons. The zero-order valence-electron chi connectivity index (χ0n) is 19.9. The van der Waals surface area contributed by atoms with E-state index in [1.807, 2.05) is 71.6 Å². The van der Waals surface area contributed by atoms with Crippen LogP contribution in [0.4, 0.5) is 6.01 Å². The first-order valence-electron chi connectivity index (χ1n) is 11.2. The Balaban J connectivity index is 1.52. The highest BCUT2D eigenvalue weighted by Crippen LogP contribution is 2.26. The fraction of sp³-hybridized carbons (Fsp3) is 0.259. The molecule has 1 N–H and O–H groups in total. The van der Waals surface area contributed by atoms with Gasteiger partial charge in [-0.3, -0.25) is 0 Å². The summed E-state index contributed by atoms with van der Waals surface area (Å²) in [5, 5.41) is 9.38. The summed E-state index contributed by atoms with van der Waals surface area (Å²) in [7, 11) is 1.62. The van der Waals surface area contributed by atoms with E-state index in [-0.39, 0.29) is 0 Å². The van der Waals surface area contributed by atoms with Crippen LogP contribution in [0, 0.1) is 0 Å². The number of hydrogen-bond donors (Lipinski definition) is 1. The van der Waals surface area contributed by atoms with Crippen LogP contribution in [-0.4, -0.2) is 41.9 Å². The topological polar surface area (TPSA) is 94.3 Å². The molecule has 4 aromatic rings. The number of ether oxygens (including phenoxy) is 3. The molecule has 8 nitrogen and oxygen atoms in total. The summed E-state index contributed by atoms with van der Waals surface area (Å²) < 4.78 is 22.8. The van der Waals surface area contributed by atoms with Gasteiger partial charge in [0, 0.05) is 6.54 Å². The summed E-state index contributed by atoms with van der Waals surface area (Å²) in [5.74, 6) is 0.932. The van der Waals surface area contributed by atoms with Crippen LogP contribution >= 0.6 is 0 Å². The number of nitrogens with zero attached hydrogens (tertiary/aromatic N) is 2. The van der Waals surface area contributed by atoms with Crippen molar-refractivity contribution in [3.8, 4) is 17.2 Å². The number of carboxylic acids is 1. The molecule has 0 bridgehead atoms. The van der Waals surface area contributed by atoms with E-state index < -0.39 is 11.6 Å². The zero-order chi connectivity index (χ0) is 24.8. The molecular weight excluding hydrogens is 448 g/mol. The van der Waals surface area contributed by atoms with Crippen LogP contribution in [0.25, 0.3) is 11.1 Å². The van der Waals surface area contributed by atoms with Crippen molar-refractivity contribution in [2.75, 3.05) is 25.2 Å². The van der Waals surface area contributed by atoms with Gasteiger partial charge in [0.15, 0.2) is 11.2 Å². The van der Waals surface area contributed by atoms with Gasteiger partial charge < -0.3 is 28.6 Å². The monoisotopic (exact) mass is 476 g/mol. The van der Waals surface area contributed by atoms with Crippen molar-refractivity contribution in [1.82, 2.24) is 4.98 Å². The molecule has 1 heterocycles. The molecule has 0 saturated carbocycles. The third kappa shape index (κ3) is 6.03. The number of carbonyl (C=O) groups is 1. The normalized spacial score (nSPS) is 11.3. The number of hydrogen-bond acceptors (Lipinski definition) is 7. The van der Waals surface area contributed by atoms with Gasteiger partial charge in [-0.25, -0.2) is 4.79 Å². The Morgan fingerprint density at radius 3 is 2.46 bits per heavy atom. The van der Waals surface area contributed by atoms with Gasteiger partial charge in [0.1, 0.15) is 29.4 Å². The van der Waals surface area contributed by atoms with E-state index in [4.69, 9.17) is 18.6 Å². The number of para-hydroxylation sites is 2. The van der Waals surface area contributed by atoms with Crippen molar-refractivity contribution in [2.45, 2.75) is 26.0 Å². The van der Waals surface area contributed by atoms with Crippen LogP contribution in [0.15, 0.2) is 77.2 Å². The van der Waals surface area contributed by atoms with Crippen molar-refractivity contribution in [2.24, 2.45) is 0 Å². The van der Waals surface area contributed by atoms with E-state index in [1.165, 1.54) is 13.8 Å². The minimum Gasteiger partial charge on any atom is -0.497 e. The van der Waals surface area contributed by atoms with Crippen LogP contribution in [-0.2, 0) is 11.3 Å². The second-order valence-corrected chi connectivity index (χ2v) is 8.47. The number of anilines is 1. The minimum atomic E-state index is -1.34. The summed E-state index contributed by atoms with van der Waals surface area (Å²) >= 11 is 0. The van der Waals surface area contributed by atoms with Crippen LogP contribution in [0.3, 0.4) is 0 Å². The average Bonchev–Trinajstić information content (AvgIpc) is 3.28. The Bertz CT molecular complexity index is 1250. The zero-order valence-corrected chi connectivity index (χ0v) is 19.9. The van der Waals surface area contributed by atoms with Gasteiger partial charge >= 0.3 is 5.97 Å². The quantitative estimate of drug-likeness (QED) is 0.317. The van der Waals surface area contributed by atoms with Gasteiger partial charge in [-0.1, -0.05) is 24.3 Å². The highest BCUT2D eigenvalue weighted by atomic mass is 16.5. The fourth-order valence-electron chi connectivity index (χ4n) is 3.45. The molecule has 35 heavy (non-hydrogen) atoms. The predicted octanol–water partition coefficient (Wildman–Crippen LogP) is 5.16. The summed E-state index contributed by atoms with van der Waals surface area (Å²) in [6.07, 6.45) is 0. The molecule has 0 aliphatic carbocycles. The molecule has 0 amide bonds. The fourth-order valence-corrected chi connectivity index (χ4v) is 3.45. The van der Waals surface area contributed by atoms with Crippen LogP contribution in [0.2, 0.25) is 0 Å². The number of aliphatic carboxylic acids is 1. The standard InChI is InChI=1S/C27H28N2O6/c1-27(2,25(30)31)35-22-8-6-7-19(17-22)18-29(26-28-23-9-4-5-10-24(23)34-26)15-16-33-21-13-11-20(32-3)12-14-21/h4-14,17H,15-16,18H2,1-3H3,(H,30,31). The summed E-state index contributed by atoms with van der Waals surface area (Å²) in [6, 6.07) is 22.8. The van der Waals surface area contributed by atoms with Gasteiger partial charge in [0.25, 0.3) is 6.01 Å². The molecule has 0 atom stereocenters. The van der Waals surface area contributed by atoms with Gasteiger partial charge in [0.05, 0.1) is 13.7 Å². The minimum absolute atomic E-state index is 0.396. The van der Waals surface area contributed by atoms with Gasteiger partial charge in [-0.2, -0.15) is 4.98 Å². The molecular formula is C27H28N2O6. The third-order valence-electron chi connectivity index (χ3n) is 5.40. The van der Waals surface area contributed by atoms with Gasteiger partial charge in [0.2, 0.25) is 0 Å². The van der Waals surface area contributed by atoms with Crippen LogP contribution in [0.1, 0.15) is 19.4 Å². The lowest BCUT2D eigenvalue weighted by molar-refractivity contribution is -0.152. The third-order valence-corrected chi connectivity index (χ3v) is 5.40. The number of methoxy groups -OCH3 is 1. The Labute approximate surface area is 203 Å². The SMILES string of the molecule is COc1ccc(OCCN(Cc2cccc(OC(C)(C)C(=O)O)c2)c2nc3ccccc3o2)cc1. The number of aromatic nitrogens is 1. The Hall–Kier alpha value is -4.20.